The fourth-order valence-corrected chi connectivity index (χ4v) is 2.17. The number of aryl methyl sites for hydroxylation is 1. The van der Waals surface area contributed by atoms with Gasteiger partial charge in [0.05, 0.1) is 0 Å². The summed E-state index contributed by atoms with van der Waals surface area (Å²) >= 11 is 7.55. The molecule has 0 unspecified atom stereocenters. The van der Waals surface area contributed by atoms with E-state index in [0.717, 1.165) is 0 Å². The van der Waals surface area contributed by atoms with Crippen LogP contribution in [0.15, 0.2) is 23.1 Å². The Balaban J connectivity index is 3.13. The molecular formula is C9H11ClS. The molecule has 0 radical (unpaired) electrons. The summed E-state index contributed by atoms with van der Waals surface area (Å²) in [5.41, 5.74) is 2.55. The Labute approximate surface area is 77.0 Å². The molecule has 1 aromatic rings. The van der Waals surface area contributed by atoms with Gasteiger partial charge in [-0.3, -0.25) is 0 Å². The minimum Gasteiger partial charge on any atom is -0.129 e. The summed E-state index contributed by atoms with van der Waals surface area (Å²) in [5, 5.41) is 0. The van der Waals surface area contributed by atoms with Crippen molar-refractivity contribution in [2.75, 3.05) is 6.26 Å². The van der Waals surface area contributed by atoms with Crippen LogP contribution in [0.3, 0.4) is 0 Å². The van der Waals surface area contributed by atoms with Gasteiger partial charge in [-0.25, -0.2) is 0 Å². The SMILES string of the molecule is CSc1cccc(C)c1CCl. The molecule has 0 nitrogen and oxygen atoms in total. The Kier molecular flexibility index (Phi) is 3.28. The molecule has 0 spiro atoms. The number of rotatable bonds is 2. The normalized spacial score (nSPS) is 10.1. The zero-order chi connectivity index (χ0) is 8.27. The van der Waals surface area contributed by atoms with Crippen molar-refractivity contribution < 1.29 is 0 Å². The maximum Gasteiger partial charge on any atom is 0.0487 e. The first kappa shape index (κ1) is 8.95. The highest BCUT2D eigenvalue weighted by Gasteiger charge is 2.01. The predicted molar refractivity (Wildman–Crippen MR) is 52.5 cm³/mol. The third-order valence-electron chi connectivity index (χ3n) is 1.72. The molecule has 1 rings (SSSR count). The second kappa shape index (κ2) is 4.03. The number of alkyl halides is 1. The molecule has 0 fully saturated rings. The van der Waals surface area contributed by atoms with Crippen LogP contribution in [0.25, 0.3) is 0 Å². The van der Waals surface area contributed by atoms with Crippen LogP contribution in [0.5, 0.6) is 0 Å². The average Bonchev–Trinajstić information content (AvgIpc) is 2.04. The van der Waals surface area contributed by atoms with E-state index in [9.17, 15) is 0 Å². The van der Waals surface area contributed by atoms with Gasteiger partial charge in [-0.05, 0) is 30.4 Å². The minimum absolute atomic E-state index is 0.614. The zero-order valence-electron chi connectivity index (χ0n) is 6.73. The Morgan fingerprint density at radius 3 is 2.64 bits per heavy atom. The third-order valence-corrected chi connectivity index (χ3v) is 2.81. The van der Waals surface area contributed by atoms with Crippen molar-refractivity contribution in [1.82, 2.24) is 0 Å². The lowest BCUT2D eigenvalue weighted by Gasteiger charge is -2.06. The first-order chi connectivity index (χ1) is 5.29. The average molecular weight is 187 g/mol. The van der Waals surface area contributed by atoms with Gasteiger partial charge in [-0.15, -0.1) is 23.4 Å². The van der Waals surface area contributed by atoms with Crippen molar-refractivity contribution in [1.29, 1.82) is 0 Å². The highest BCUT2D eigenvalue weighted by Crippen LogP contribution is 2.24. The lowest BCUT2D eigenvalue weighted by molar-refractivity contribution is 1.20. The molecule has 0 aliphatic rings. The van der Waals surface area contributed by atoms with E-state index < -0.39 is 0 Å². The molecular weight excluding hydrogens is 176 g/mol. The van der Waals surface area contributed by atoms with E-state index in [4.69, 9.17) is 11.6 Å². The maximum absolute atomic E-state index is 5.80. The molecule has 0 atom stereocenters. The van der Waals surface area contributed by atoms with Gasteiger partial charge in [0, 0.05) is 10.8 Å². The van der Waals surface area contributed by atoms with Crippen molar-refractivity contribution >= 4 is 23.4 Å². The first-order valence-corrected chi connectivity index (χ1v) is 5.24. The van der Waals surface area contributed by atoms with Crippen LogP contribution >= 0.6 is 23.4 Å². The van der Waals surface area contributed by atoms with Crippen LogP contribution in [0.1, 0.15) is 11.1 Å². The fourth-order valence-electron chi connectivity index (χ4n) is 1.04. The molecule has 0 bridgehead atoms. The van der Waals surface area contributed by atoms with Gasteiger partial charge >= 0.3 is 0 Å². The molecule has 0 N–H and O–H groups in total. The van der Waals surface area contributed by atoms with Crippen molar-refractivity contribution in [3.8, 4) is 0 Å². The third kappa shape index (κ3) is 1.91. The summed E-state index contributed by atoms with van der Waals surface area (Å²) in [6.07, 6.45) is 2.07. The first-order valence-electron chi connectivity index (χ1n) is 3.48. The van der Waals surface area contributed by atoms with Crippen LogP contribution in [0.2, 0.25) is 0 Å². The molecule has 0 aliphatic heterocycles. The van der Waals surface area contributed by atoms with Gasteiger partial charge in [-0.2, -0.15) is 0 Å². The fraction of sp³-hybridized carbons (Fsp3) is 0.333. The van der Waals surface area contributed by atoms with Crippen molar-refractivity contribution in [3.05, 3.63) is 29.3 Å². The van der Waals surface area contributed by atoms with E-state index in [1.165, 1.54) is 16.0 Å². The van der Waals surface area contributed by atoms with E-state index in [2.05, 4.69) is 31.4 Å². The maximum atomic E-state index is 5.80. The summed E-state index contributed by atoms with van der Waals surface area (Å²) in [7, 11) is 0. The van der Waals surface area contributed by atoms with Gasteiger partial charge in [0.1, 0.15) is 0 Å². The van der Waals surface area contributed by atoms with Gasteiger partial charge in [0.25, 0.3) is 0 Å². The molecule has 2 heteroatoms. The number of hydrogen-bond acceptors (Lipinski definition) is 1. The van der Waals surface area contributed by atoms with Gasteiger partial charge in [0.15, 0.2) is 0 Å². The molecule has 1 aromatic carbocycles. The lowest BCUT2D eigenvalue weighted by Crippen LogP contribution is -1.87. The topological polar surface area (TPSA) is 0 Å². The quantitative estimate of drug-likeness (QED) is 0.504. The summed E-state index contributed by atoms with van der Waals surface area (Å²) in [5.74, 6) is 0.614. The standard InChI is InChI=1S/C9H11ClS/c1-7-4-3-5-9(11-2)8(7)6-10/h3-5H,6H2,1-2H3. The molecule has 11 heavy (non-hydrogen) atoms. The van der Waals surface area contributed by atoms with Crippen molar-refractivity contribution in [3.63, 3.8) is 0 Å². The highest BCUT2D eigenvalue weighted by molar-refractivity contribution is 7.98. The van der Waals surface area contributed by atoms with E-state index in [0.29, 0.717) is 5.88 Å². The Morgan fingerprint density at radius 1 is 1.45 bits per heavy atom. The van der Waals surface area contributed by atoms with Gasteiger partial charge in [0.2, 0.25) is 0 Å². The predicted octanol–water partition coefficient (Wildman–Crippen LogP) is 3.46. The van der Waals surface area contributed by atoms with Gasteiger partial charge in [-0.1, -0.05) is 12.1 Å². The molecule has 0 aliphatic carbocycles. The zero-order valence-corrected chi connectivity index (χ0v) is 8.30. The van der Waals surface area contributed by atoms with Gasteiger partial charge < -0.3 is 0 Å². The smallest absolute Gasteiger partial charge is 0.0487 e. The molecule has 0 amide bonds. The summed E-state index contributed by atoms with van der Waals surface area (Å²) in [6.45, 7) is 2.09. The highest BCUT2D eigenvalue weighted by atomic mass is 35.5. The second-order valence-electron chi connectivity index (χ2n) is 2.39. The van der Waals surface area contributed by atoms with Crippen LogP contribution < -0.4 is 0 Å². The summed E-state index contributed by atoms with van der Waals surface area (Å²) in [6, 6.07) is 6.27. The minimum atomic E-state index is 0.614. The van der Waals surface area contributed by atoms with Crippen molar-refractivity contribution in [2.45, 2.75) is 17.7 Å². The van der Waals surface area contributed by atoms with Crippen LogP contribution in [0.4, 0.5) is 0 Å². The Bertz CT molecular complexity index is 245. The Morgan fingerprint density at radius 2 is 2.18 bits per heavy atom. The van der Waals surface area contributed by atoms with Crippen molar-refractivity contribution in [2.24, 2.45) is 0 Å². The van der Waals surface area contributed by atoms with E-state index in [1.807, 2.05) is 0 Å². The molecule has 60 valence electrons. The monoisotopic (exact) mass is 186 g/mol. The molecule has 0 heterocycles. The van der Waals surface area contributed by atoms with Crippen LogP contribution in [-0.4, -0.2) is 6.26 Å². The number of hydrogen-bond donors (Lipinski definition) is 0. The van der Waals surface area contributed by atoms with Crippen LogP contribution in [-0.2, 0) is 5.88 Å². The van der Waals surface area contributed by atoms with E-state index in [1.54, 1.807) is 11.8 Å². The lowest BCUT2D eigenvalue weighted by atomic mass is 10.1. The Hall–Kier alpha value is -0.140. The molecule has 0 saturated carbocycles. The summed E-state index contributed by atoms with van der Waals surface area (Å²) in [4.78, 5) is 1.29. The largest absolute Gasteiger partial charge is 0.129 e. The van der Waals surface area contributed by atoms with E-state index in [-0.39, 0.29) is 0 Å². The van der Waals surface area contributed by atoms with Crippen LogP contribution in [0, 0.1) is 6.92 Å². The summed E-state index contributed by atoms with van der Waals surface area (Å²) < 4.78 is 0. The number of benzene rings is 1. The molecule has 0 aromatic heterocycles. The number of thioether (sulfide) groups is 1. The molecule has 0 saturated heterocycles. The number of halogens is 1. The second-order valence-corrected chi connectivity index (χ2v) is 3.50. The van der Waals surface area contributed by atoms with E-state index >= 15 is 0 Å².